The minimum Gasteiger partial charge on any atom is -0.392 e. The third kappa shape index (κ3) is 3.04. The Morgan fingerprint density at radius 1 is 1.05 bits per heavy atom. The van der Waals surface area contributed by atoms with Gasteiger partial charge in [-0.2, -0.15) is 0 Å². The van der Waals surface area contributed by atoms with E-state index >= 15 is 0 Å². The molecule has 0 atom stereocenters. The van der Waals surface area contributed by atoms with Crippen LogP contribution in [-0.2, 0) is 19.7 Å². The Morgan fingerprint density at radius 2 is 1.70 bits per heavy atom. The molecule has 20 heavy (non-hydrogen) atoms. The van der Waals surface area contributed by atoms with Gasteiger partial charge in [-0.3, -0.25) is 13.9 Å². The number of nitrogens with two attached hydrogens (primary N) is 1. The first-order valence-electron chi connectivity index (χ1n) is 6.34. The number of rotatable bonds is 5. The number of aliphatic hydroxyl groups excluding tert-OH is 1. The highest BCUT2D eigenvalue weighted by Crippen LogP contribution is 2.05. The Morgan fingerprint density at radius 3 is 2.30 bits per heavy atom. The van der Waals surface area contributed by atoms with Crippen LogP contribution in [0.3, 0.4) is 0 Å². The molecule has 1 aromatic carbocycles. The minimum absolute atomic E-state index is 0.0123. The van der Waals surface area contributed by atoms with E-state index in [0.717, 1.165) is 15.7 Å². The molecule has 0 unspecified atom stereocenters. The zero-order valence-corrected chi connectivity index (χ0v) is 11.0. The van der Waals surface area contributed by atoms with Gasteiger partial charge in [0.05, 0.1) is 13.2 Å². The van der Waals surface area contributed by atoms with E-state index in [0.29, 0.717) is 6.54 Å². The first-order chi connectivity index (χ1) is 9.65. The Bertz CT molecular complexity index is 686. The van der Waals surface area contributed by atoms with Crippen LogP contribution in [0.4, 0.5) is 0 Å². The lowest BCUT2D eigenvalue weighted by Gasteiger charge is -2.09. The minimum atomic E-state index is -0.366. The third-order valence-corrected chi connectivity index (χ3v) is 3.05. The summed E-state index contributed by atoms with van der Waals surface area (Å²) in [5, 5.41) is 8.98. The fourth-order valence-corrected chi connectivity index (χ4v) is 1.96. The van der Waals surface area contributed by atoms with Crippen LogP contribution in [0.15, 0.2) is 46.1 Å². The Kier molecular flexibility index (Phi) is 4.49. The van der Waals surface area contributed by atoms with Gasteiger partial charge in [-0.25, -0.2) is 4.79 Å². The molecular formula is C14H17N3O3. The highest BCUT2D eigenvalue weighted by atomic mass is 16.3. The van der Waals surface area contributed by atoms with Crippen LogP contribution in [0.5, 0.6) is 0 Å². The first kappa shape index (κ1) is 14.2. The van der Waals surface area contributed by atoms with Crippen molar-refractivity contribution >= 4 is 0 Å². The maximum atomic E-state index is 12.1. The van der Waals surface area contributed by atoms with Crippen LogP contribution >= 0.6 is 0 Å². The van der Waals surface area contributed by atoms with E-state index in [2.05, 4.69) is 0 Å². The second kappa shape index (κ2) is 6.31. The standard InChI is InChI=1S/C14H17N3O3/c15-6-8-17-13(19)5-7-16(14(17)20)9-11-1-3-12(10-18)4-2-11/h1-5,7,18H,6,8-10,15H2. The summed E-state index contributed by atoms with van der Waals surface area (Å²) < 4.78 is 2.59. The summed E-state index contributed by atoms with van der Waals surface area (Å²) in [6, 6.07) is 8.65. The topological polar surface area (TPSA) is 90.2 Å². The molecule has 0 amide bonds. The van der Waals surface area contributed by atoms with E-state index in [1.54, 1.807) is 12.1 Å². The summed E-state index contributed by atoms with van der Waals surface area (Å²) in [5.74, 6) is 0. The summed E-state index contributed by atoms with van der Waals surface area (Å²) in [5.41, 5.74) is 6.43. The molecule has 6 heteroatoms. The molecule has 0 saturated carbocycles. The number of nitrogens with zero attached hydrogens (tertiary/aromatic N) is 2. The van der Waals surface area contributed by atoms with Crippen LogP contribution in [0.2, 0.25) is 0 Å². The average molecular weight is 275 g/mol. The molecule has 0 radical (unpaired) electrons. The summed E-state index contributed by atoms with van der Waals surface area (Å²) >= 11 is 0. The van der Waals surface area contributed by atoms with E-state index in [9.17, 15) is 9.59 Å². The van der Waals surface area contributed by atoms with Gasteiger partial charge in [-0.05, 0) is 11.1 Å². The molecule has 2 rings (SSSR count). The van der Waals surface area contributed by atoms with Gasteiger partial charge in [0.1, 0.15) is 0 Å². The van der Waals surface area contributed by atoms with E-state index < -0.39 is 0 Å². The van der Waals surface area contributed by atoms with Gasteiger partial charge in [0.25, 0.3) is 5.56 Å². The van der Waals surface area contributed by atoms with E-state index in [1.807, 2.05) is 12.1 Å². The Hall–Kier alpha value is -2.18. The number of hydrogen-bond donors (Lipinski definition) is 2. The van der Waals surface area contributed by atoms with Crippen LogP contribution in [0.25, 0.3) is 0 Å². The molecule has 1 heterocycles. The average Bonchev–Trinajstić information content (AvgIpc) is 2.47. The molecule has 0 aliphatic carbocycles. The number of aliphatic hydroxyl groups is 1. The number of benzene rings is 1. The molecule has 0 spiro atoms. The van der Waals surface area contributed by atoms with Crippen molar-refractivity contribution in [2.24, 2.45) is 5.73 Å². The molecule has 106 valence electrons. The normalized spacial score (nSPS) is 10.7. The lowest BCUT2D eigenvalue weighted by molar-refractivity contribution is 0.282. The summed E-state index contributed by atoms with van der Waals surface area (Å²) in [4.78, 5) is 23.7. The molecular weight excluding hydrogens is 258 g/mol. The molecule has 0 saturated heterocycles. The number of hydrogen-bond acceptors (Lipinski definition) is 4. The lowest BCUT2D eigenvalue weighted by atomic mass is 10.1. The van der Waals surface area contributed by atoms with Crippen molar-refractivity contribution in [3.8, 4) is 0 Å². The van der Waals surface area contributed by atoms with Crippen molar-refractivity contribution < 1.29 is 5.11 Å². The van der Waals surface area contributed by atoms with Gasteiger partial charge < -0.3 is 10.8 Å². The predicted molar refractivity (Wildman–Crippen MR) is 75.5 cm³/mol. The quantitative estimate of drug-likeness (QED) is 0.770. The molecule has 0 aliphatic rings. The Balaban J connectivity index is 2.31. The van der Waals surface area contributed by atoms with Crippen molar-refractivity contribution in [1.82, 2.24) is 9.13 Å². The lowest BCUT2D eigenvalue weighted by Crippen LogP contribution is -2.40. The van der Waals surface area contributed by atoms with Crippen molar-refractivity contribution in [3.05, 3.63) is 68.5 Å². The first-order valence-corrected chi connectivity index (χ1v) is 6.34. The molecule has 0 bridgehead atoms. The van der Waals surface area contributed by atoms with E-state index in [1.165, 1.54) is 16.8 Å². The van der Waals surface area contributed by atoms with Crippen molar-refractivity contribution in [1.29, 1.82) is 0 Å². The molecule has 2 aromatic rings. The molecule has 0 fully saturated rings. The van der Waals surface area contributed by atoms with Gasteiger partial charge in [0, 0.05) is 25.4 Å². The summed E-state index contributed by atoms with van der Waals surface area (Å²) in [7, 11) is 0. The van der Waals surface area contributed by atoms with E-state index in [-0.39, 0.29) is 30.9 Å². The van der Waals surface area contributed by atoms with Gasteiger partial charge in [0.15, 0.2) is 0 Å². The van der Waals surface area contributed by atoms with Crippen LogP contribution < -0.4 is 17.0 Å². The fourth-order valence-electron chi connectivity index (χ4n) is 1.96. The zero-order chi connectivity index (χ0) is 14.5. The molecule has 1 aromatic heterocycles. The van der Waals surface area contributed by atoms with Gasteiger partial charge in [-0.1, -0.05) is 24.3 Å². The zero-order valence-electron chi connectivity index (χ0n) is 11.0. The largest absolute Gasteiger partial charge is 0.392 e. The number of aromatic nitrogens is 2. The maximum absolute atomic E-state index is 12.1. The van der Waals surface area contributed by atoms with Crippen molar-refractivity contribution in [3.63, 3.8) is 0 Å². The summed E-state index contributed by atoms with van der Waals surface area (Å²) in [6.07, 6.45) is 1.48. The monoisotopic (exact) mass is 275 g/mol. The van der Waals surface area contributed by atoms with Crippen molar-refractivity contribution in [2.45, 2.75) is 19.7 Å². The Labute approximate surface area is 115 Å². The maximum Gasteiger partial charge on any atom is 0.331 e. The smallest absolute Gasteiger partial charge is 0.331 e. The second-order valence-corrected chi connectivity index (χ2v) is 4.48. The van der Waals surface area contributed by atoms with Crippen molar-refractivity contribution in [2.75, 3.05) is 6.54 Å². The summed E-state index contributed by atoms with van der Waals surface area (Å²) in [6.45, 7) is 0.809. The SMILES string of the molecule is NCCn1c(=O)ccn(Cc2ccc(CO)cc2)c1=O. The van der Waals surface area contributed by atoms with Gasteiger partial charge >= 0.3 is 5.69 Å². The molecule has 3 N–H and O–H groups in total. The third-order valence-electron chi connectivity index (χ3n) is 3.05. The van der Waals surface area contributed by atoms with Gasteiger partial charge in [-0.15, -0.1) is 0 Å². The highest BCUT2D eigenvalue weighted by Gasteiger charge is 2.05. The van der Waals surface area contributed by atoms with Crippen LogP contribution in [0, 0.1) is 0 Å². The van der Waals surface area contributed by atoms with Gasteiger partial charge in [0.2, 0.25) is 0 Å². The fraction of sp³-hybridized carbons (Fsp3) is 0.286. The highest BCUT2D eigenvalue weighted by molar-refractivity contribution is 5.22. The molecule has 0 aliphatic heterocycles. The van der Waals surface area contributed by atoms with Crippen LogP contribution in [0.1, 0.15) is 11.1 Å². The van der Waals surface area contributed by atoms with Crippen LogP contribution in [-0.4, -0.2) is 20.8 Å². The second-order valence-electron chi connectivity index (χ2n) is 4.48. The molecule has 6 nitrogen and oxygen atoms in total. The van der Waals surface area contributed by atoms with E-state index in [4.69, 9.17) is 10.8 Å². The predicted octanol–water partition coefficient (Wildman–Crippen LogP) is -0.491.